The van der Waals surface area contributed by atoms with E-state index in [0.29, 0.717) is 43.9 Å². The van der Waals surface area contributed by atoms with Crippen LogP contribution >= 0.6 is 11.6 Å². The minimum Gasteiger partial charge on any atom is -0.493 e. The Morgan fingerprint density at radius 3 is 2.74 bits per heavy atom. The van der Waals surface area contributed by atoms with E-state index < -0.39 is 5.97 Å². The van der Waals surface area contributed by atoms with Crippen LogP contribution in [-0.4, -0.2) is 30.1 Å². The van der Waals surface area contributed by atoms with Crippen LogP contribution in [0.15, 0.2) is 18.2 Å². The molecular weight excluding hydrogens is 318 g/mol. The van der Waals surface area contributed by atoms with E-state index in [1.165, 1.54) is 0 Å². The van der Waals surface area contributed by atoms with E-state index in [1.807, 2.05) is 19.1 Å². The zero-order chi connectivity index (χ0) is 16.8. The van der Waals surface area contributed by atoms with E-state index in [0.717, 1.165) is 11.3 Å². The second-order valence-corrected chi connectivity index (χ2v) is 6.38. The predicted octanol–water partition coefficient (Wildman–Crippen LogP) is 3.03. The highest BCUT2D eigenvalue weighted by Gasteiger charge is 2.33. The fourth-order valence-corrected chi connectivity index (χ4v) is 3.06. The summed E-state index contributed by atoms with van der Waals surface area (Å²) in [4.78, 5) is 22.9. The van der Waals surface area contributed by atoms with Gasteiger partial charge in [-0.2, -0.15) is 0 Å². The molecule has 1 amide bonds. The van der Waals surface area contributed by atoms with Gasteiger partial charge in [0.05, 0.1) is 12.5 Å². The first-order valence-corrected chi connectivity index (χ1v) is 8.24. The topological polar surface area (TPSA) is 75.6 Å². The Bertz CT molecular complexity index is 576. The molecule has 2 N–H and O–H groups in total. The monoisotopic (exact) mass is 339 g/mol. The number of carbonyl (C=O) groups excluding carboxylic acids is 1. The number of hydrogen-bond donors (Lipinski definition) is 2. The number of benzene rings is 1. The van der Waals surface area contributed by atoms with E-state index in [1.54, 1.807) is 6.07 Å². The molecule has 0 bridgehead atoms. The van der Waals surface area contributed by atoms with Gasteiger partial charge in [0.1, 0.15) is 5.75 Å². The fraction of sp³-hybridized carbons (Fsp3) is 0.529. The highest BCUT2D eigenvalue weighted by atomic mass is 35.5. The summed E-state index contributed by atoms with van der Waals surface area (Å²) < 4.78 is 5.66. The van der Waals surface area contributed by atoms with Crippen molar-refractivity contribution < 1.29 is 19.4 Å². The maximum atomic E-state index is 12.0. The number of aryl methyl sites for hydroxylation is 1. The van der Waals surface area contributed by atoms with Crippen LogP contribution in [0.5, 0.6) is 5.75 Å². The largest absolute Gasteiger partial charge is 0.493 e. The lowest BCUT2D eigenvalue weighted by molar-refractivity contribution is -0.141. The summed E-state index contributed by atoms with van der Waals surface area (Å²) in [5.74, 6) is -0.596. The first kappa shape index (κ1) is 17.6. The number of nitrogens with one attached hydrogen (secondary N) is 1. The molecule has 1 aromatic rings. The summed E-state index contributed by atoms with van der Waals surface area (Å²) in [5.41, 5.74) is 0.979. The Morgan fingerprint density at radius 1 is 1.35 bits per heavy atom. The maximum Gasteiger partial charge on any atom is 0.306 e. The van der Waals surface area contributed by atoms with Crippen molar-refractivity contribution in [3.63, 3.8) is 0 Å². The average molecular weight is 340 g/mol. The Hall–Kier alpha value is -1.75. The van der Waals surface area contributed by atoms with Crippen LogP contribution in [0.1, 0.15) is 31.2 Å². The van der Waals surface area contributed by atoms with Gasteiger partial charge in [0.25, 0.3) is 0 Å². The van der Waals surface area contributed by atoms with Crippen molar-refractivity contribution in [2.24, 2.45) is 11.8 Å². The zero-order valence-corrected chi connectivity index (χ0v) is 13.9. The number of hydrogen-bond acceptors (Lipinski definition) is 3. The molecule has 0 aliphatic heterocycles. The number of carbonyl (C=O) groups is 2. The van der Waals surface area contributed by atoms with Crippen LogP contribution in [0.3, 0.4) is 0 Å². The number of carboxylic acid groups (broad SMARTS) is 1. The van der Waals surface area contributed by atoms with Gasteiger partial charge in [-0.15, -0.1) is 0 Å². The summed E-state index contributed by atoms with van der Waals surface area (Å²) in [6.07, 6.45) is 2.39. The zero-order valence-electron chi connectivity index (χ0n) is 13.2. The Balaban J connectivity index is 1.64. The second-order valence-electron chi connectivity index (χ2n) is 5.95. The molecular formula is C17H22ClNO4. The quantitative estimate of drug-likeness (QED) is 0.749. The molecule has 1 aromatic carbocycles. The Morgan fingerprint density at radius 2 is 2.09 bits per heavy atom. The van der Waals surface area contributed by atoms with Crippen molar-refractivity contribution in [1.29, 1.82) is 0 Å². The molecule has 1 aliphatic rings. The SMILES string of the molecule is Cc1cc(Cl)ccc1OCCCNC(=O)[C@@H]1CC[C@H](C(=O)O)C1. The number of amides is 1. The molecule has 1 fully saturated rings. The minimum atomic E-state index is -0.799. The molecule has 5 nitrogen and oxygen atoms in total. The van der Waals surface area contributed by atoms with Crippen molar-refractivity contribution >= 4 is 23.5 Å². The third kappa shape index (κ3) is 5.13. The van der Waals surface area contributed by atoms with Gasteiger partial charge in [0, 0.05) is 17.5 Å². The van der Waals surface area contributed by atoms with E-state index in [9.17, 15) is 9.59 Å². The van der Waals surface area contributed by atoms with E-state index in [-0.39, 0.29) is 17.7 Å². The van der Waals surface area contributed by atoms with E-state index >= 15 is 0 Å². The van der Waals surface area contributed by atoms with E-state index in [4.69, 9.17) is 21.4 Å². The standard InChI is InChI=1S/C17H22ClNO4/c1-11-9-14(18)5-6-15(11)23-8-2-7-19-16(20)12-3-4-13(10-12)17(21)22/h5-6,9,12-13H,2-4,7-8,10H2,1H3,(H,19,20)(H,21,22)/t12-,13+/m1/s1. The van der Waals surface area contributed by atoms with Gasteiger partial charge in [0.2, 0.25) is 5.91 Å². The van der Waals surface area contributed by atoms with Gasteiger partial charge in [-0.05, 0) is 56.4 Å². The molecule has 0 unspecified atom stereocenters. The van der Waals surface area contributed by atoms with Gasteiger partial charge in [0.15, 0.2) is 0 Å². The van der Waals surface area contributed by atoms with Gasteiger partial charge >= 0.3 is 5.97 Å². The summed E-state index contributed by atoms with van der Waals surface area (Å²) in [7, 11) is 0. The van der Waals surface area contributed by atoms with E-state index in [2.05, 4.69) is 5.32 Å². The first-order valence-electron chi connectivity index (χ1n) is 7.87. The molecule has 0 spiro atoms. The lowest BCUT2D eigenvalue weighted by atomic mass is 10.0. The normalized spacial score (nSPS) is 20.3. The maximum absolute atomic E-state index is 12.0. The van der Waals surface area contributed by atoms with Crippen molar-refractivity contribution in [1.82, 2.24) is 5.32 Å². The smallest absolute Gasteiger partial charge is 0.306 e. The van der Waals surface area contributed by atoms with Gasteiger partial charge in [-0.1, -0.05) is 11.6 Å². The Labute approximate surface area is 141 Å². The highest BCUT2D eigenvalue weighted by molar-refractivity contribution is 6.30. The molecule has 1 saturated carbocycles. The van der Waals surface area contributed by atoms with Crippen molar-refractivity contribution in [2.45, 2.75) is 32.6 Å². The molecule has 23 heavy (non-hydrogen) atoms. The molecule has 126 valence electrons. The molecule has 1 aliphatic carbocycles. The van der Waals surface area contributed by atoms with Crippen LogP contribution < -0.4 is 10.1 Å². The number of halogens is 1. The van der Waals surface area contributed by atoms with Crippen LogP contribution in [0, 0.1) is 18.8 Å². The first-order chi connectivity index (χ1) is 11.0. The van der Waals surface area contributed by atoms with Crippen LogP contribution in [0.25, 0.3) is 0 Å². The van der Waals surface area contributed by atoms with Crippen LogP contribution in [0.4, 0.5) is 0 Å². The molecule has 2 rings (SSSR count). The fourth-order valence-electron chi connectivity index (χ4n) is 2.83. The van der Waals surface area contributed by atoms with Gasteiger partial charge < -0.3 is 15.2 Å². The van der Waals surface area contributed by atoms with Crippen molar-refractivity contribution in [3.05, 3.63) is 28.8 Å². The van der Waals surface area contributed by atoms with Crippen molar-refractivity contribution in [2.75, 3.05) is 13.2 Å². The summed E-state index contributed by atoms with van der Waals surface area (Å²) in [5, 5.41) is 12.5. The molecule has 6 heteroatoms. The molecule has 2 atom stereocenters. The minimum absolute atomic E-state index is 0.0450. The van der Waals surface area contributed by atoms with Gasteiger partial charge in [-0.3, -0.25) is 9.59 Å². The summed E-state index contributed by atoms with van der Waals surface area (Å²) in [6, 6.07) is 5.46. The molecule has 0 aromatic heterocycles. The van der Waals surface area contributed by atoms with Crippen LogP contribution in [0.2, 0.25) is 5.02 Å². The van der Waals surface area contributed by atoms with Crippen LogP contribution in [-0.2, 0) is 9.59 Å². The molecule has 0 heterocycles. The molecule has 0 radical (unpaired) electrons. The number of carboxylic acids is 1. The summed E-state index contributed by atoms with van der Waals surface area (Å²) in [6.45, 7) is 2.97. The predicted molar refractivity (Wildman–Crippen MR) is 87.8 cm³/mol. The highest BCUT2D eigenvalue weighted by Crippen LogP contribution is 2.31. The lowest BCUT2D eigenvalue weighted by Gasteiger charge is -2.12. The number of rotatable bonds is 7. The van der Waals surface area contributed by atoms with Crippen molar-refractivity contribution in [3.8, 4) is 5.75 Å². The number of aliphatic carboxylic acids is 1. The third-order valence-corrected chi connectivity index (χ3v) is 4.40. The summed E-state index contributed by atoms with van der Waals surface area (Å²) >= 11 is 5.89. The second kappa shape index (κ2) is 8.20. The third-order valence-electron chi connectivity index (χ3n) is 4.17. The van der Waals surface area contributed by atoms with Gasteiger partial charge in [-0.25, -0.2) is 0 Å². The number of ether oxygens (including phenoxy) is 1. The molecule has 0 saturated heterocycles. The lowest BCUT2D eigenvalue weighted by Crippen LogP contribution is -2.31. The average Bonchev–Trinajstić information content (AvgIpc) is 2.99. The Kier molecular flexibility index (Phi) is 6.28.